The average molecular weight is 332 g/mol. The van der Waals surface area contributed by atoms with Crippen molar-refractivity contribution in [2.24, 2.45) is 0 Å². The SMILES string of the molecule is COc1ccc(-c2nnsc2C(=O)Nc2nc(C)cs2)cc1. The molecule has 3 aromatic rings. The lowest BCUT2D eigenvalue weighted by atomic mass is 10.1. The summed E-state index contributed by atoms with van der Waals surface area (Å²) < 4.78 is 9.02. The molecule has 0 aliphatic carbocycles. The number of nitrogens with one attached hydrogen (secondary N) is 1. The largest absolute Gasteiger partial charge is 0.497 e. The normalized spacial score (nSPS) is 10.5. The molecule has 0 spiro atoms. The fourth-order valence-electron chi connectivity index (χ4n) is 1.84. The van der Waals surface area contributed by atoms with E-state index in [1.54, 1.807) is 7.11 Å². The molecule has 22 heavy (non-hydrogen) atoms. The molecule has 0 aliphatic heterocycles. The number of hydrogen-bond acceptors (Lipinski definition) is 7. The Kier molecular flexibility index (Phi) is 4.12. The number of anilines is 1. The number of carbonyl (C=O) groups is 1. The molecule has 2 aromatic heterocycles. The lowest BCUT2D eigenvalue weighted by molar-refractivity contribution is 0.103. The van der Waals surface area contributed by atoms with Gasteiger partial charge < -0.3 is 4.74 Å². The quantitative estimate of drug-likeness (QED) is 0.794. The molecular weight excluding hydrogens is 320 g/mol. The molecule has 1 amide bonds. The summed E-state index contributed by atoms with van der Waals surface area (Å²) in [5.41, 5.74) is 2.24. The number of carbonyl (C=O) groups excluding carboxylic acids is 1. The first kappa shape index (κ1) is 14.6. The van der Waals surface area contributed by atoms with Gasteiger partial charge in [0.1, 0.15) is 16.3 Å². The van der Waals surface area contributed by atoms with Crippen LogP contribution < -0.4 is 10.1 Å². The van der Waals surface area contributed by atoms with Gasteiger partial charge in [-0.05, 0) is 42.7 Å². The standard InChI is InChI=1S/C14H12N4O2S2/c1-8-7-21-14(15-8)16-13(19)12-11(17-18-22-12)9-3-5-10(20-2)6-4-9/h3-7H,1-2H3,(H,15,16,19). The molecule has 0 aliphatic rings. The fraction of sp³-hybridized carbons (Fsp3) is 0.143. The highest BCUT2D eigenvalue weighted by molar-refractivity contribution is 7.14. The highest BCUT2D eigenvalue weighted by Gasteiger charge is 2.19. The summed E-state index contributed by atoms with van der Waals surface area (Å²) in [5, 5.41) is 9.28. The van der Waals surface area contributed by atoms with Gasteiger partial charge in [0.05, 0.1) is 12.8 Å². The van der Waals surface area contributed by atoms with E-state index >= 15 is 0 Å². The molecule has 1 aromatic carbocycles. The number of benzene rings is 1. The maximum atomic E-state index is 12.4. The first-order valence-corrected chi connectivity index (χ1v) is 8.03. The number of aromatic nitrogens is 3. The van der Waals surface area contributed by atoms with Crippen LogP contribution >= 0.6 is 22.9 Å². The molecular formula is C14H12N4O2S2. The zero-order valence-electron chi connectivity index (χ0n) is 11.9. The van der Waals surface area contributed by atoms with Gasteiger partial charge in [-0.25, -0.2) is 4.98 Å². The molecule has 0 saturated heterocycles. The number of thiazole rings is 1. The third-order valence-electron chi connectivity index (χ3n) is 2.90. The van der Waals surface area contributed by atoms with Crippen LogP contribution in [0.3, 0.4) is 0 Å². The van der Waals surface area contributed by atoms with Gasteiger partial charge in [0.15, 0.2) is 5.13 Å². The molecule has 1 N–H and O–H groups in total. The molecule has 0 saturated carbocycles. The van der Waals surface area contributed by atoms with Crippen LogP contribution in [0.2, 0.25) is 0 Å². The van der Waals surface area contributed by atoms with Gasteiger partial charge in [-0.15, -0.1) is 16.4 Å². The van der Waals surface area contributed by atoms with E-state index in [1.165, 1.54) is 11.3 Å². The van der Waals surface area contributed by atoms with Crippen molar-refractivity contribution in [1.29, 1.82) is 0 Å². The summed E-state index contributed by atoms with van der Waals surface area (Å²) in [7, 11) is 1.61. The number of methoxy groups -OCH3 is 1. The third kappa shape index (κ3) is 2.97. The lowest BCUT2D eigenvalue weighted by Crippen LogP contribution is -2.11. The predicted molar refractivity (Wildman–Crippen MR) is 86.7 cm³/mol. The Morgan fingerprint density at radius 2 is 2.05 bits per heavy atom. The van der Waals surface area contributed by atoms with Crippen LogP contribution in [0.5, 0.6) is 5.75 Å². The zero-order valence-corrected chi connectivity index (χ0v) is 13.5. The van der Waals surface area contributed by atoms with Crippen LogP contribution in [-0.4, -0.2) is 27.6 Å². The van der Waals surface area contributed by atoms with E-state index in [1.807, 2.05) is 36.6 Å². The number of nitrogens with zero attached hydrogens (tertiary/aromatic N) is 3. The molecule has 3 rings (SSSR count). The third-order valence-corrected chi connectivity index (χ3v) is 4.50. The van der Waals surface area contributed by atoms with E-state index in [-0.39, 0.29) is 5.91 Å². The van der Waals surface area contributed by atoms with E-state index in [9.17, 15) is 4.79 Å². The maximum Gasteiger partial charge on any atom is 0.271 e. The Labute approximate surface area is 135 Å². The molecule has 0 bridgehead atoms. The van der Waals surface area contributed by atoms with Gasteiger partial charge in [0, 0.05) is 10.9 Å². The second-order valence-corrected chi connectivity index (χ2v) is 6.04. The second kappa shape index (κ2) is 6.20. The van der Waals surface area contributed by atoms with Gasteiger partial charge in [-0.2, -0.15) is 0 Å². The molecule has 112 valence electrons. The molecule has 8 heteroatoms. The van der Waals surface area contributed by atoms with E-state index in [0.29, 0.717) is 15.7 Å². The van der Waals surface area contributed by atoms with Crippen molar-refractivity contribution in [2.45, 2.75) is 6.92 Å². The molecule has 0 fully saturated rings. The van der Waals surface area contributed by atoms with Crippen molar-refractivity contribution < 1.29 is 9.53 Å². The van der Waals surface area contributed by atoms with Crippen LogP contribution in [0.4, 0.5) is 5.13 Å². The van der Waals surface area contributed by atoms with Crippen LogP contribution in [0.1, 0.15) is 15.4 Å². The number of hydrogen-bond donors (Lipinski definition) is 1. The smallest absolute Gasteiger partial charge is 0.271 e. The van der Waals surface area contributed by atoms with Crippen molar-refractivity contribution in [1.82, 2.24) is 14.6 Å². The number of rotatable bonds is 4. The summed E-state index contributed by atoms with van der Waals surface area (Å²) in [6, 6.07) is 7.33. The minimum absolute atomic E-state index is 0.254. The van der Waals surface area contributed by atoms with Gasteiger partial charge in [0.2, 0.25) is 0 Å². The monoisotopic (exact) mass is 332 g/mol. The molecule has 0 unspecified atom stereocenters. The number of aryl methyl sites for hydroxylation is 1. The van der Waals surface area contributed by atoms with Crippen molar-refractivity contribution in [3.8, 4) is 17.0 Å². The summed E-state index contributed by atoms with van der Waals surface area (Å²) >= 11 is 2.45. The molecule has 6 nitrogen and oxygen atoms in total. The summed E-state index contributed by atoms with van der Waals surface area (Å²) in [6.07, 6.45) is 0. The zero-order chi connectivity index (χ0) is 15.5. The number of amides is 1. The highest BCUT2D eigenvalue weighted by Crippen LogP contribution is 2.27. The van der Waals surface area contributed by atoms with Crippen molar-refractivity contribution in [3.05, 3.63) is 40.2 Å². The van der Waals surface area contributed by atoms with E-state index in [2.05, 4.69) is 19.9 Å². The van der Waals surface area contributed by atoms with Gasteiger partial charge in [-0.1, -0.05) is 4.49 Å². The minimum Gasteiger partial charge on any atom is -0.497 e. The van der Waals surface area contributed by atoms with Crippen LogP contribution in [0.25, 0.3) is 11.3 Å². The minimum atomic E-state index is -0.254. The molecule has 0 radical (unpaired) electrons. The summed E-state index contributed by atoms with van der Waals surface area (Å²) in [5.74, 6) is 0.492. The van der Waals surface area contributed by atoms with Crippen molar-refractivity contribution in [3.63, 3.8) is 0 Å². The fourth-order valence-corrected chi connectivity index (χ4v) is 3.11. The first-order valence-electron chi connectivity index (χ1n) is 6.37. The average Bonchev–Trinajstić information content (AvgIpc) is 3.16. The Morgan fingerprint density at radius 1 is 1.27 bits per heavy atom. The summed E-state index contributed by atoms with van der Waals surface area (Å²) in [4.78, 5) is 17.0. The molecule has 0 atom stereocenters. The Balaban J connectivity index is 1.85. The molecule has 2 heterocycles. The van der Waals surface area contributed by atoms with Crippen LogP contribution in [0, 0.1) is 6.92 Å². The highest BCUT2D eigenvalue weighted by atomic mass is 32.1. The van der Waals surface area contributed by atoms with E-state index in [4.69, 9.17) is 4.74 Å². The van der Waals surface area contributed by atoms with E-state index in [0.717, 1.165) is 28.5 Å². The van der Waals surface area contributed by atoms with Gasteiger partial charge in [-0.3, -0.25) is 10.1 Å². The summed E-state index contributed by atoms with van der Waals surface area (Å²) in [6.45, 7) is 1.88. The van der Waals surface area contributed by atoms with E-state index < -0.39 is 0 Å². The number of ether oxygens (including phenoxy) is 1. The van der Waals surface area contributed by atoms with Crippen molar-refractivity contribution in [2.75, 3.05) is 12.4 Å². The topological polar surface area (TPSA) is 77.0 Å². The maximum absolute atomic E-state index is 12.4. The van der Waals surface area contributed by atoms with Crippen LogP contribution in [-0.2, 0) is 0 Å². The van der Waals surface area contributed by atoms with Crippen LogP contribution in [0.15, 0.2) is 29.6 Å². The Morgan fingerprint density at radius 3 is 2.68 bits per heavy atom. The first-order chi connectivity index (χ1) is 10.7. The van der Waals surface area contributed by atoms with Crippen molar-refractivity contribution >= 4 is 33.9 Å². The lowest BCUT2D eigenvalue weighted by Gasteiger charge is -2.03. The Bertz CT molecular complexity index is 795. The van der Waals surface area contributed by atoms with Gasteiger partial charge in [0.25, 0.3) is 5.91 Å². The second-order valence-electron chi connectivity index (χ2n) is 4.43. The predicted octanol–water partition coefficient (Wildman–Crippen LogP) is 3.23. The van der Waals surface area contributed by atoms with Gasteiger partial charge >= 0.3 is 0 Å². The Hall–Kier alpha value is -2.32.